The van der Waals surface area contributed by atoms with Crippen molar-refractivity contribution in [3.63, 3.8) is 0 Å². The van der Waals surface area contributed by atoms with Crippen molar-refractivity contribution in [1.82, 2.24) is 5.32 Å². The highest BCUT2D eigenvalue weighted by Crippen LogP contribution is 2.23. The lowest BCUT2D eigenvalue weighted by molar-refractivity contribution is -0.139. The summed E-state index contributed by atoms with van der Waals surface area (Å²) in [6.45, 7) is 0.409. The van der Waals surface area contributed by atoms with Gasteiger partial charge in [-0.25, -0.2) is 4.79 Å². The van der Waals surface area contributed by atoms with E-state index < -0.39 is 0 Å². The Morgan fingerprint density at radius 1 is 1.09 bits per heavy atom. The Kier molecular flexibility index (Phi) is 6.00. The van der Waals surface area contributed by atoms with Gasteiger partial charge in [-0.1, -0.05) is 48.0 Å². The number of amides is 2. The third-order valence-corrected chi connectivity index (χ3v) is 3.48. The largest absolute Gasteiger partial charge is 0.469 e. The molecule has 0 aliphatic carbocycles. The molecule has 0 saturated heterocycles. The number of benzene rings is 2. The Balaban J connectivity index is 1.96. The fourth-order valence-corrected chi connectivity index (χ4v) is 2.13. The van der Waals surface area contributed by atoms with Crippen LogP contribution in [0, 0.1) is 0 Å². The zero-order valence-corrected chi connectivity index (χ0v) is 13.4. The Morgan fingerprint density at radius 3 is 2.52 bits per heavy atom. The number of urea groups is 1. The predicted molar refractivity (Wildman–Crippen MR) is 89.5 cm³/mol. The number of rotatable bonds is 5. The summed E-state index contributed by atoms with van der Waals surface area (Å²) >= 11 is 6.07. The molecule has 2 aromatic carbocycles. The van der Waals surface area contributed by atoms with Crippen LogP contribution >= 0.6 is 11.6 Å². The number of hydrogen-bond acceptors (Lipinski definition) is 3. The van der Waals surface area contributed by atoms with Gasteiger partial charge >= 0.3 is 12.0 Å². The highest BCUT2D eigenvalue weighted by Gasteiger charge is 2.09. The van der Waals surface area contributed by atoms with Crippen LogP contribution in [0.3, 0.4) is 0 Å². The first kappa shape index (κ1) is 16.8. The number of carbonyl (C=O) groups excluding carboxylic acids is 2. The minimum atomic E-state index is -0.369. The Morgan fingerprint density at radius 2 is 1.83 bits per heavy atom. The molecule has 0 aromatic heterocycles. The summed E-state index contributed by atoms with van der Waals surface area (Å²) in [7, 11) is 1.33. The molecule has 0 aliphatic rings. The lowest BCUT2D eigenvalue weighted by Gasteiger charge is -2.10. The summed E-state index contributed by atoms with van der Waals surface area (Å²) in [5, 5.41) is 5.82. The number of carbonyl (C=O) groups is 2. The second-order valence-electron chi connectivity index (χ2n) is 4.86. The van der Waals surface area contributed by atoms with Crippen LogP contribution in [0.2, 0.25) is 5.02 Å². The molecular formula is C17H17ClN2O3. The molecule has 5 nitrogen and oxygen atoms in total. The van der Waals surface area contributed by atoms with E-state index in [9.17, 15) is 9.59 Å². The van der Waals surface area contributed by atoms with Crippen molar-refractivity contribution >= 4 is 29.3 Å². The maximum absolute atomic E-state index is 12.0. The van der Waals surface area contributed by atoms with Gasteiger partial charge in [0.1, 0.15) is 0 Å². The van der Waals surface area contributed by atoms with Crippen LogP contribution < -0.4 is 10.6 Å². The van der Waals surface area contributed by atoms with Crippen molar-refractivity contribution in [3.05, 3.63) is 64.7 Å². The number of esters is 1. The summed E-state index contributed by atoms with van der Waals surface area (Å²) < 4.78 is 4.62. The van der Waals surface area contributed by atoms with Crippen LogP contribution in [0.5, 0.6) is 0 Å². The first-order valence-electron chi connectivity index (χ1n) is 7.02. The molecule has 6 heteroatoms. The Labute approximate surface area is 139 Å². The van der Waals surface area contributed by atoms with E-state index in [1.54, 1.807) is 18.2 Å². The van der Waals surface area contributed by atoms with Crippen LogP contribution in [0.1, 0.15) is 11.1 Å². The van der Waals surface area contributed by atoms with Crippen LogP contribution in [-0.4, -0.2) is 19.1 Å². The zero-order chi connectivity index (χ0) is 16.7. The molecule has 2 rings (SSSR count). The number of nitrogens with one attached hydrogen (secondary N) is 2. The maximum Gasteiger partial charge on any atom is 0.319 e. The van der Waals surface area contributed by atoms with Crippen molar-refractivity contribution in [3.8, 4) is 0 Å². The first-order valence-corrected chi connectivity index (χ1v) is 7.40. The molecule has 2 aromatic rings. The molecule has 2 amide bonds. The van der Waals surface area contributed by atoms with Gasteiger partial charge < -0.3 is 15.4 Å². The second kappa shape index (κ2) is 8.19. The van der Waals surface area contributed by atoms with Crippen molar-refractivity contribution < 1.29 is 14.3 Å². The van der Waals surface area contributed by atoms with E-state index in [1.165, 1.54) is 7.11 Å². The summed E-state index contributed by atoms with van der Waals surface area (Å²) in [5.74, 6) is -0.355. The van der Waals surface area contributed by atoms with Crippen molar-refractivity contribution in [2.24, 2.45) is 0 Å². The van der Waals surface area contributed by atoms with Gasteiger partial charge in [0.25, 0.3) is 0 Å². The van der Waals surface area contributed by atoms with Crippen molar-refractivity contribution in [1.29, 1.82) is 0 Å². The predicted octanol–water partition coefficient (Wildman–Crippen LogP) is 3.38. The molecule has 0 unspecified atom stereocenters. The van der Waals surface area contributed by atoms with Gasteiger partial charge in [-0.05, 0) is 23.3 Å². The fourth-order valence-electron chi connectivity index (χ4n) is 1.96. The van der Waals surface area contributed by atoms with E-state index in [0.717, 1.165) is 5.56 Å². The molecule has 0 spiro atoms. The van der Waals surface area contributed by atoms with Crippen molar-refractivity contribution in [2.45, 2.75) is 13.0 Å². The van der Waals surface area contributed by atoms with Gasteiger partial charge in [0, 0.05) is 6.54 Å². The second-order valence-corrected chi connectivity index (χ2v) is 5.27. The third kappa shape index (κ3) is 5.30. The van der Waals surface area contributed by atoms with Gasteiger partial charge in [-0.3, -0.25) is 4.79 Å². The Hall–Kier alpha value is -2.53. The number of anilines is 1. The highest BCUT2D eigenvalue weighted by atomic mass is 35.5. The smallest absolute Gasteiger partial charge is 0.319 e. The molecule has 0 radical (unpaired) electrons. The summed E-state index contributed by atoms with van der Waals surface area (Å²) in [4.78, 5) is 23.3. The molecular weight excluding hydrogens is 316 g/mol. The summed E-state index contributed by atoms with van der Waals surface area (Å²) in [5.41, 5.74) is 2.14. The normalized spacial score (nSPS) is 10.0. The average molecular weight is 333 g/mol. The average Bonchev–Trinajstić information content (AvgIpc) is 2.57. The van der Waals surface area contributed by atoms with Gasteiger partial charge in [0.15, 0.2) is 0 Å². The molecule has 0 aliphatic heterocycles. The molecule has 0 heterocycles. The van der Waals surface area contributed by atoms with Gasteiger partial charge in [0.05, 0.1) is 24.2 Å². The van der Waals surface area contributed by atoms with Crippen LogP contribution in [-0.2, 0) is 22.5 Å². The lowest BCUT2D eigenvalue weighted by Crippen LogP contribution is -2.28. The minimum Gasteiger partial charge on any atom is -0.469 e. The van der Waals surface area contributed by atoms with Crippen LogP contribution in [0.25, 0.3) is 0 Å². The highest BCUT2D eigenvalue weighted by molar-refractivity contribution is 6.33. The van der Waals surface area contributed by atoms with E-state index >= 15 is 0 Å². The Bertz CT molecular complexity index is 689. The molecule has 0 fully saturated rings. The number of hydrogen-bond donors (Lipinski definition) is 2. The molecule has 120 valence electrons. The maximum atomic E-state index is 12.0. The number of ether oxygens (including phenoxy) is 1. The third-order valence-electron chi connectivity index (χ3n) is 3.15. The number of methoxy groups -OCH3 is 1. The van der Waals surface area contributed by atoms with E-state index in [4.69, 9.17) is 11.6 Å². The van der Waals surface area contributed by atoms with Gasteiger partial charge in [0.2, 0.25) is 0 Å². The standard InChI is InChI=1S/C17H17ClN2O3/c1-23-16(21)10-13-7-8-14(18)15(9-13)20-17(22)19-11-12-5-3-2-4-6-12/h2-9H,10-11H2,1H3,(H2,19,20,22). The molecule has 2 N–H and O–H groups in total. The summed E-state index contributed by atoms with van der Waals surface area (Å²) in [6, 6.07) is 14.2. The topological polar surface area (TPSA) is 67.4 Å². The zero-order valence-electron chi connectivity index (χ0n) is 12.6. The van der Waals surface area contributed by atoms with E-state index in [2.05, 4.69) is 15.4 Å². The summed E-state index contributed by atoms with van der Waals surface area (Å²) in [6.07, 6.45) is 0.119. The van der Waals surface area contributed by atoms with Crippen molar-refractivity contribution in [2.75, 3.05) is 12.4 Å². The molecule has 23 heavy (non-hydrogen) atoms. The molecule has 0 saturated carbocycles. The molecule has 0 bridgehead atoms. The van der Waals surface area contributed by atoms with Crippen LogP contribution in [0.15, 0.2) is 48.5 Å². The SMILES string of the molecule is COC(=O)Cc1ccc(Cl)c(NC(=O)NCc2ccccc2)c1. The van der Waals surface area contributed by atoms with Gasteiger partial charge in [-0.2, -0.15) is 0 Å². The van der Waals surface area contributed by atoms with Crippen LogP contribution in [0.4, 0.5) is 10.5 Å². The quantitative estimate of drug-likeness (QED) is 0.825. The monoisotopic (exact) mass is 332 g/mol. The van der Waals surface area contributed by atoms with Gasteiger partial charge in [-0.15, -0.1) is 0 Å². The van der Waals surface area contributed by atoms with E-state index in [0.29, 0.717) is 22.8 Å². The fraction of sp³-hybridized carbons (Fsp3) is 0.176. The molecule has 0 atom stereocenters. The first-order chi connectivity index (χ1) is 11.1. The lowest BCUT2D eigenvalue weighted by atomic mass is 10.1. The minimum absolute atomic E-state index is 0.119. The van der Waals surface area contributed by atoms with E-state index in [1.807, 2.05) is 30.3 Å². The van der Waals surface area contributed by atoms with E-state index in [-0.39, 0.29) is 18.4 Å². The number of halogens is 1.